The van der Waals surface area contributed by atoms with Gasteiger partial charge >= 0.3 is 0 Å². The fourth-order valence-corrected chi connectivity index (χ4v) is 6.03. The molecule has 3 heteroatoms. The smallest absolute Gasteiger partial charge is 0.163 e. The van der Waals surface area contributed by atoms with E-state index in [0.29, 0.717) is 0 Å². The van der Waals surface area contributed by atoms with Crippen molar-refractivity contribution in [3.63, 3.8) is 0 Å². The van der Waals surface area contributed by atoms with Gasteiger partial charge < -0.3 is 0 Å². The molecule has 0 unspecified atom stereocenters. The Labute approximate surface area is 268 Å². The van der Waals surface area contributed by atoms with E-state index in [1.54, 1.807) is 6.33 Å². The molecule has 6 rings (SSSR count). The largest absolute Gasteiger partial charge is 0.215 e. The zero-order valence-corrected chi connectivity index (χ0v) is 27.8. The van der Waals surface area contributed by atoms with Gasteiger partial charge in [0.25, 0.3) is 0 Å². The predicted molar refractivity (Wildman–Crippen MR) is 190 cm³/mol. The number of rotatable bonds is 5. The van der Waals surface area contributed by atoms with E-state index in [1.807, 2.05) is 4.68 Å². The van der Waals surface area contributed by atoms with Gasteiger partial charge in [0.2, 0.25) is 0 Å². The Bertz CT molecular complexity index is 1870. The monoisotopic (exact) mass is 589 g/mol. The second kappa shape index (κ2) is 11.6. The SMILES string of the molecule is Cc1cccc(C)c1-n1ncnc1-c1cccc(-c2cc(-c3ccc(C(C)(C)C)cc3)cc(-c3ccc(C(C)(C)C)cc3)c2)c1. The minimum absolute atomic E-state index is 0.109. The highest BCUT2D eigenvalue weighted by Gasteiger charge is 2.17. The number of hydrogen-bond acceptors (Lipinski definition) is 2. The number of aryl methyl sites for hydroxylation is 2. The summed E-state index contributed by atoms with van der Waals surface area (Å²) in [5.41, 5.74) is 14.5. The van der Waals surface area contributed by atoms with Gasteiger partial charge in [0, 0.05) is 5.56 Å². The highest BCUT2D eigenvalue weighted by atomic mass is 15.3. The normalized spacial score (nSPS) is 12.0. The van der Waals surface area contributed by atoms with Crippen LogP contribution in [-0.2, 0) is 10.8 Å². The molecule has 0 spiro atoms. The molecule has 0 N–H and O–H groups in total. The molecule has 1 aromatic heterocycles. The Balaban J connectivity index is 1.47. The summed E-state index contributed by atoms with van der Waals surface area (Å²) in [6.45, 7) is 17.8. The molecule has 6 aromatic rings. The first-order chi connectivity index (χ1) is 21.4. The molecule has 0 atom stereocenters. The van der Waals surface area contributed by atoms with Crippen LogP contribution in [0.5, 0.6) is 0 Å². The van der Waals surface area contributed by atoms with Crippen molar-refractivity contribution in [3.05, 3.63) is 138 Å². The minimum atomic E-state index is 0.109. The molecule has 1 heterocycles. The van der Waals surface area contributed by atoms with Gasteiger partial charge in [-0.3, -0.25) is 0 Å². The van der Waals surface area contributed by atoms with Crippen LogP contribution in [0.25, 0.3) is 50.5 Å². The summed E-state index contributed by atoms with van der Waals surface area (Å²) < 4.78 is 1.97. The van der Waals surface area contributed by atoms with Gasteiger partial charge in [-0.05, 0) is 105 Å². The molecule has 0 fully saturated rings. The molecule has 0 aliphatic heterocycles. The zero-order chi connectivity index (χ0) is 31.9. The molecular formula is C42H43N3. The molecule has 3 nitrogen and oxygen atoms in total. The number of para-hydroxylation sites is 1. The average Bonchev–Trinajstić information content (AvgIpc) is 3.50. The van der Waals surface area contributed by atoms with E-state index in [2.05, 4.69) is 170 Å². The maximum atomic E-state index is 4.72. The number of nitrogens with zero attached hydrogens (tertiary/aromatic N) is 3. The van der Waals surface area contributed by atoms with E-state index in [-0.39, 0.29) is 10.8 Å². The lowest BCUT2D eigenvalue weighted by Crippen LogP contribution is -2.10. The van der Waals surface area contributed by atoms with Crippen LogP contribution in [0.3, 0.4) is 0 Å². The molecule has 0 bridgehead atoms. The lowest BCUT2D eigenvalue weighted by molar-refractivity contribution is 0.590. The van der Waals surface area contributed by atoms with Gasteiger partial charge in [-0.1, -0.05) is 126 Å². The summed E-state index contributed by atoms with van der Waals surface area (Å²) in [7, 11) is 0. The van der Waals surface area contributed by atoms with Crippen LogP contribution >= 0.6 is 0 Å². The standard InChI is InChI=1S/C42H43N3/c1-28-11-9-12-29(2)39(28)45-40(43-27-44-45)33-14-10-13-32(23-33)36-25-34(30-15-19-37(20-16-30)41(3,4)5)24-35(26-36)31-17-21-38(22-18-31)42(6,7)8/h9-27H,1-8H3. The molecule has 5 aromatic carbocycles. The van der Waals surface area contributed by atoms with E-state index in [4.69, 9.17) is 4.98 Å². The summed E-state index contributed by atoms with van der Waals surface area (Å²) in [5.74, 6) is 0.834. The van der Waals surface area contributed by atoms with Gasteiger partial charge in [-0.2, -0.15) is 5.10 Å². The van der Waals surface area contributed by atoms with E-state index in [1.165, 1.54) is 50.1 Å². The fourth-order valence-electron chi connectivity index (χ4n) is 6.03. The first-order valence-electron chi connectivity index (χ1n) is 15.8. The average molecular weight is 590 g/mol. The third-order valence-electron chi connectivity index (χ3n) is 8.75. The third kappa shape index (κ3) is 6.26. The molecule has 226 valence electrons. The van der Waals surface area contributed by atoms with Crippen LogP contribution < -0.4 is 0 Å². The first kappa shape index (κ1) is 30.3. The third-order valence-corrected chi connectivity index (χ3v) is 8.75. The molecule has 0 saturated heterocycles. The van der Waals surface area contributed by atoms with Crippen molar-refractivity contribution < 1.29 is 0 Å². The van der Waals surface area contributed by atoms with Crippen molar-refractivity contribution in [1.82, 2.24) is 14.8 Å². The Morgan fingerprint density at radius 3 is 1.38 bits per heavy atom. The lowest BCUT2D eigenvalue weighted by Gasteiger charge is -2.20. The molecule has 0 aliphatic carbocycles. The maximum Gasteiger partial charge on any atom is 0.163 e. The number of aromatic nitrogens is 3. The summed E-state index contributed by atoms with van der Waals surface area (Å²) in [6, 6.07) is 40.1. The quantitative estimate of drug-likeness (QED) is 0.200. The maximum absolute atomic E-state index is 4.72. The van der Waals surface area contributed by atoms with Crippen molar-refractivity contribution in [3.8, 4) is 50.5 Å². The van der Waals surface area contributed by atoms with E-state index >= 15 is 0 Å². The van der Waals surface area contributed by atoms with Crippen LogP contribution in [0.2, 0.25) is 0 Å². The van der Waals surface area contributed by atoms with Gasteiger partial charge in [-0.25, -0.2) is 9.67 Å². The molecule has 45 heavy (non-hydrogen) atoms. The van der Waals surface area contributed by atoms with Crippen molar-refractivity contribution in [2.75, 3.05) is 0 Å². The van der Waals surface area contributed by atoms with Crippen LogP contribution in [0.1, 0.15) is 63.8 Å². The van der Waals surface area contributed by atoms with Gasteiger partial charge in [0.05, 0.1) is 5.69 Å². The Kier molecular flexibility index (Phi) is 7.82. The second-order valence-electron chi connectivity index (χ2n) is 14.3. The highest BCUT2D eigenvalue weighted by molar-refractivity contribution is 5.82. The van der Waals surface area contributed by atoms with Gasteiger partial charge in [0.1, 0.15) is 6.33 Å². The second-order valence-corrected chi connectivity index (χ2v) is 14.3. The number of benzene rings is 5. The molecule has 0 amide bonds. The summed E-state index contributed by atoms with van der Waals surface area (Å²) in [5, 5.41) is 4.65. The number of hydrogen-bond donors (Lipinski definition) is 0. The van der Waals surface area contributed by atoms with E-state index in [0.717, 1.165) is 22.6 Å². The topological polar surface area (TPSA) is 30.7 Å². The van der Waals surface area contributed by atoms with Crippen molar-refractivity contribution in [1.29, 1.82) is 0 Å². The van der Waals surface area contributed by atoms with Crippen LogP contribution in [0.4, 0.5) is 0 Å². The van der Waals surface area contributed by atoms with E-state index < -0.39 is 0 Å². The zero-order valence-electron chi connectivity index (χ0n) is 27.8. The van der Waals surface area contributed by atoms with Crippen molar-refractivity contribution >= 4 is 0 Å². The fraction of sp³-hybridized carbons (Fsp3) is 0.238. The summed E-state index contributed by atoms with van der Waals surface area (Å²) in [6.07, 6.45) is 1.65. The first-order valence-corrected chi connectivity index (χ1v) is 15.8. The van der Waals surface area contributed by atoms with Gasteiger partial charge in [0.15, 0.2) is 5.82 Å². The highest BCUT2D eigenvalue weighted by Crippen LogP contribution is 2.36. The van der Waals surface area contributed by atoms with Crippen LogP contribution in [0.15, 0.2) is 116 Å². The van der Waals surface area contributed by atoms with Crippen molar-refractivity contribution in [2.24, 2.45) is 0 Å². The predicted octanol–water partition coefficient (Wildman–Crippen LogP) is 11.1. The minimum Gasteiger partial charge on any atom is -0.215 e. The summed E-state index contributed by atoms with van der Waals surface area (Å²) in [4.78, 5) is 4.72. The lowest BCUT2D eigenvalue weighted by atomic mass is 9.85. The van der Waals surface area contributed by atoms with Crippen LogP contribution in [-0.4, -0.2) is 14.8 Å². The van der Waals surface area contributed by atoms with E-state index in [9.17, 15) is 0 Å². The van der Waals surface area contributed by atoms with Gasteiger partial charge in [-0.15, -0.1) is 0 Å². The Morgan fingerprint density at radius 2 is 0.889 bits per heavy atom. The molecule has 0 radical (unpaired) electrons. The molecule has 0 aliphatic rings. The summed E-state index contributed by atoms with van der Waals surface area (Å²) >= 11 is 0. The molecular weight excluding hydrogens is 546 g/mol. The van der Waals surface area contributed by atoms with Crippen LogP contribution in [0, 0.1) is 13.8 Å². The Morgan fingerprint density at radius 1 is 0.467 bits per heavy atom. The van der Waals surface area contributed by atoms with Crippen molar-refractivity contribution in [2.45, 2.75) is 66.2 Å². The Hall–Kier alpha value is -4.76. The molecule has 0 saturated carbocycles.